The molecule has 1 heterocycles. The number of aromatic nitrogens is 3. The monoisotopic (exact) mass is 351 g/mol. The summed E-state index contributed by atoms with van der Waals surface area (Å²) < 4.78 is 15.3. The van der Waals surface area contributed by atoms with Gasteiger partial charge in [-0.05, 0) is 39.7 Å². The first-order valence-corrected chi connectivity index (χ1v) is 6.72. The first-order chi connectivity index (χ1) is 8.41. The lowest BCUT2D eigenvalue weighted by atomic mass is 10.2. The fraction of sp³-hybridized carbons (Fsp3) is 0.273. The molecule has 0 aliphatic heterocycles. The van der Waals surface area contributed by atoms with Crippen molar-refractivity contribution < 1.29 is 4.39 Å². The second-order valence-corrected chi connectivity index (χ2v) is 5.63. The molecule has 1 aromatic heterocycles. The van der Waals surface area contributed by atoms with Gasteiger partial charge in [-0.1, -0.05) is 25.4 Å². The van der Waals surface area contributed by atoms with Gasteiger partial charge < -0.3 is 0 Å². The Bertz CT molecular complexity index is 575. The normalized spacial score (nSPS) is 11.3. The smallest absolute Gasteiger partial charge is 0.229 e. The molecule has 0 unspecified atom stereocenters. The third kappa shape index (κ3) is 2.39. The summed E-state index contributed by atoms with van der Waals surface area (Å²) in [6, 6.07) is 2.55. The highest BCUT2D eigenvalue weighted by Crippen LogP contribution is 2.34. The van der Waals surface area contributed by atoms with Crippen molar-refractivity contribution in [2.45, 2.75) is 19.8 Å². The van der Waals surface area contributed by atoms with Gasteiger partial charge in [0.25, 0.3) is 0 Å². The number of nitrogens with zero attached hydrogens (tertiary/aromatic N) is 3. The molecule has 0 aliphatic rings. The molecule has 1 aromatic carbocycles. The van der Waals surface area contributed by atoms with Crippen LogP contribution < -0.4 is 0 Å². The molecule has 0 atom stereocenters. The minimum Gasteiger partial charge on any atom is -0.267 e. The second-order valence-electron chi connectivity index (χ2n) is 4.04. The summed E-state index contributed by atoms with van der Waals surface area (Å²) in [6.07, 6.45) is 0. The van der Waals surface area contributed by atoms with Crippen LogP contribution in [0.5, 0.6) is 0 Å². The van der Waals surface area contributed by atoms with Crippen LogP contribution in [-0.2, 0) is 0 Å². The van der Waals surface area contributed by atoms with Crippen LogP contribution in [-0.4, -0.2) is 14.8 Å². The first-order valence-electron chi connectivity index (χ1n) is 5.17. The van der Waals surface area contributed by atoms with E-state index in [4.69, 9.17) is 23.2 Å². The Hall–Kier alpha value is -0.650. The fourth-order valence-electron chi connectivity index (χ4n) is 1.61. The van der Waals surface area contributed by atoms with Gasteiger partial charge in [-0.15, -0.1) is 10.2 Å². The van der Waals surface area contributed by atoms with Crippen LogP contribution in [0.1, 0.15) is 25.6 Å². The molecule has 0 spiro atoms. The van der Waals surface area contributed by atoms with E-state index in [1.807, 2.05) is 13.8 Å². The number of benzene rings is 1. The van der Waals surface area contributed by atoms with E-state index < -0.39 is 5.82 Å². The van der Waals surface area contributed by atoms with E-state index in [1.54, 1.807) is 4.57 Å². The molecule has 0 aliphatic carbocycles. The van der Waals surface area contributed by atoms with Gasteiger partial charge in [0.1, 0.15) is 11.6 Å². The highest BCUT2D eigenvalue weighted by Gasteiger charge is 2.20. The van der Waals surface area contributed by atoms with E-state index in [2.05, 4.69) is 26.1 Å². The molecule has 0 radical (unpaired) electrons. The maximum Gasteiger partial charge on any atom is 0.229 e. The lowest BCUT2D eigenvalue weighted by Gasteiger charge is -2.13. The van der Waals surface area contributed by atoms with Crippen LogP contribution in [0.2, 0.25) is 10.3 Å². The number of halogens is 4. The van der Waals surface area contributed by atoms with Crippen molar-refractivity contribution in [1.29, 1.82) is 0 Å². The predicted octanol–water partition coefficient (Wildman–Crippen LogP) is 4.60. The van der Waals surface area contributed by atoms with Gasteiger partial charge in [0, 0.05) is 10.4 Å². The zero-order valence-corrected chi connectivity index (χ0v) is 12.7. The summed E-state index contributed by atoms with van der Waals surface area (Å²) >= 11 is 15.4. The minimum atomic E-state index is -0.425. The topological polar surface area (TPSA) is 30.7 Å². The quantitative estimate of drug-likeness (QED) is 0.790. The largest absolute Gasteiger partial charge is 0.267 e. The van der Waals surface area contributed by atoms with Gasteiger partial charge in [0.2, 0.25) is 5.28 Å². The van der Waals surface area contributed by atoms with E-state index in [1.165, 1.54) is 12.1 Å². The number of rotatable bonds is 2. The Morgan fingerprint density at radius 1 is 1.28 bits per heavy atom. The van der Waals surface area contributed by atoms with Crippen molar-refractivity contribution >= 4 is 39.1 Å². The lowest BCUT2D eigenvalue weighted by Crippen LogP contribution is -2.05. The SMILES string of the molecule is CC(C)c1nnc(Cl)n1-c1c(Cl)cc(F)cc1Br. The standard InChI is InChI=1S/C11H9BrCl2FN3/c1-5(2)10-16-17-11(14)18(10)9-7(12)3-6(15)4-8(9)13/h3-5H,1-2H3. The van der Waals surface area contributed by atoms with Crippen molar-refractivity contribution in [3.8, 4) is 5.69 Å². The molecule has 18 heavy (non-hydrogen) atoms. The molecule has 0 bridgehead atoms. The summed E-state index contributed by atoms with van der Waals surface area (Å²) in [5.74, 6) is 0.346. The van der Waals surface area contributed by atoms with Crippen molar-refractivity contribution in [3.05, 3.63) is 38.6 Å². The van der Waals surface area contributed by atoms with Crippen LogP contribution in [0.4, 0.5) is 4.39 Å². The predicted molar refractivity (Wildman–Crippen MR) is 73.1 cm³/mol. The van der Waals surface area contributed by atoms with Gasteiger partial charge in [0.15, 0.2) is 0 Å². The Morgan fingerprint density at radius 3 is 2.50 bits per heavy atom. The molecule has 2 rings (SSSR count). The summed E-state index contributed by atoms with van der Waals surface area (Å²) in [6.45, 7) is 3.92. The third-order valence-electron chi connectivity index (χ3n) is 2.37. The van der Waals surface area contributed by atoms with E-state index in [0.29, 0.717) is 16.0 Å². The fourth-order valence-corrected chi connectivity index (χ4v) is 2.83. The van der Waals surface area contributed by atoms with Crippen LogP contribution in [0.15, 0.2) is 16.6 Å². The molecule has 0 saturated heterocycles. The van der Waals surface area contributed by atoms with Gasteiger partial charge in [0.05, 0.1) is 10.7 Å². The lowest BCUT2D eigenvalue weighted by molar-refractivity contribution is 0.626. The molecule has 0 N–H and O–H groups in total. The molecule has 0 fully saturated rings. The molecular formula is C11H9BrCl2FN3. The average molecular weight is 353 g/mol. The van der Waals surface area contributed by atoms with Gasteiger partial charge in [-0.25, -0.2) is 4.39 Å². The Labute approximate surface area is 122 Å². The maximum absolute atomic E-state index is 13.2. The average Bonchev–Trinajstić information content (AvgIpc) is 2.59. The third-order valence-corrected chi connectivity index (χ3v) is 3.51. The molecule has 2 aromatic rings. The van der Waals surface area contributed by atoms with Crippen molar-refractivity contribution in [2.24, 2.45) is 0 Å². The zero-order chi connectivity index (χ0) is 13.4. The van der Waals surface area contributed by atoms with Crippen LogP contribution in [0.3, 0.4) is 0 Å². The molecule has 7 heteroatoms. The molecule has 0 saturated carbocycles. The Balaban J connectivity index is 2.73. The van der Waals surface area contributed by atoms with Crippen molar-refractivity contribution in [3.63, 3.8) is 0 Å². The Morgan fingerprint density at radius 2 is 1.94 bits per heavy atom. The first kappa shape index (κ1) is 13.8. The zero-order valence-electron chi connectivity index (χ0n) is 9.59. The van der Waals surface area contributed by atoms with Gasteiger partial charge in [-0.2, -0.15) is 0 Å². The maximum atomic E-state index is 13.2. The van der Waals surface area contributed by atoms with E-state index >= 15 is 0 Å². The molecule has 0 amide bonds. The minimum absolute atomic E-state index is 0.109. The molecule has 96 valence electrons. The molecular weight excluding hydrogens is 344 g/mol. The van der Waals surface area contributed by atoms with Crippen LogP contribution in [0, 0.1) is 5.82 Å². The van der Waals surface area contributed by atoms with Crippen molar-refractivity contribution in [1.82, 2.24) is 14.8 Å². The van der Waals surface area contributed by atoms with E-state index in [-0.39, 0.29) is 16.2 Å². The Kier molecular flexibility index (Phi) is 3.94. The van der Waals surface area contributed by atoms with E-state index in [9.17, 15) is 4.39 Å². The summed E-state index contributed by atoms with van der Waals surface area (Å²) in [5.41, 5.74) is 0.539. The van der Waals surface area contributed by atoms with Crippen LogP contribution in [0.25, 0.3) is 5.69 Å². The highest BCUT2D eigenvalue weighted by molar-refractivity contribution is 9.10. The second kappa shape index (κ2) is 5.15. The molecule has 3 nitrogen and oxygen atoms in total. The van der Waals surface area contributed by atoms with Gasteiger partial charge >= 0.3 is 0 Å². The van der Waals surface area contributed by atoms with Gasteiger partial charge in [-0.3, -0.25) is 4.57 Å². The summed E-state index contributed by atoms with van der Waals surface area (Å²) in [5, 5.41) is 8.26. The number of hydrogen-bond acceptors (Lipinski definition) is 2. The van der Waals surface area contributed by atoms with Crippen molar-refractivity contribution in [2.75, 3.05) is 0 Å². The number of hydrogen-bond donors (Lipinski definition) is 0. The summed E-state index contributed by atoms with van der Waals surface area (Å²) in [7, 11) is 0. The van der Waals surface area contributed by atoms with E-state index in [0.717, 1.165) is 0 Å². The van der Waals surface area contributed by atoms with Crippen LogP contribution >= 0.6 is 39.1 Å². The highest BCUT2D eigenvalue weighted by atomic mass is 79.9. The summed E-state index contributed by atoms with van der Waals surface area (Å²) in [4.78, 5) is 0.